The summed E-state index contributed by atoms with van der Waals surface area (Å²) < 4.78 is 95.3. The predicted octanol–water partition coefficient (Wildman–Crippen LogP) is 1.88. The molecule has 9 atom stereocenters. The average Bonchev–Trinajstić information content (AvgIpc) is 3.73. The van der Waals surface area contributed by atoms with Gasteiger partial charge in [-0.05, 0) is 6.07 Å². The summed E-state index contributed by atoms with van der Waals surface area (Å²) in [6, 6.07) is 1.47. The zero-order valence-corrected chi connectivity index (χ0v) is 26.0. The minimum absolute atomic E-state index is 0.0714. The van der Waals surface area contributed by atoms with E-state index in [4.69, 9.17) is 39.0 Å². The number of aromatic amines is 1. The molecule has 3 aliphatic heterocycles. The Labute approximate surface area is 260 Å². The Hall–Kier alpha value is -2.65. The van der Waals surface area contributed by atoms with E-state index >= 15 is 8.78 Å². The second kappa shape index (κ2) is 11.0. The molecule has 18 nitrogen and oxygen atoms in total. The molecule has 24 heteroatoms. The number of halogens is 2. The number of ether oxygens (including phenoxy) is 2. The van der Waals surface area contributed by atoms with E-state index in [0.29, 0.717) is 5.39 Å². The molecule has 3 fully saturated rings. The summed E-state index contributed by atoms with van der Waals surface area (Å²) in [6.45, 7) is -11.1. The maximum absolute atomic E-state index is 16.9. The molecular formula is C21H23F2N9O9P2S2. The summed E-state index contributed by atoms with van der Waals surface area (Å²) in [4.78, 5) is 30.6. The Morgan fingerprint density at radius 1 is 1.07 bits per heavy atom. The number of H-pyrrole nitrogens is 1. The standard InChI is InChI=1S/C21H23F2N9O9P2S2/c22-11-9-3-37-43(35,45)41-14-10(36-5-21(14,23)32-2-1-8-15(24)26-6-27-16(8)32)4-38-42(34,44)40-13(11)19(39-9)31-7-28-12-17(31)29-20(25)30-18(12)33/h1-2,6-7,9-11,13-14,19H,3-5H2,(H,34,44)(H,35,45)(H2,24,26,27)(H3,25,29,30,33)/t9-,10-,11+,13-,14-,19-,21-,42-,43-/m1/s1. The normalized spacial score (nSPS) is 37.7. The van der Waals surface area contributed by atoms with E-state index in [1.807, 2.05) is 0 Å². The molecular weight excluding hydrogens is 686 g/mol. The Morgan fingerprint density at radius 2 is 1.80 bits per heavy atom. The molecule has 3 saturated heterocycles. The molecule has 242 valence electrons. The maximum Gasteiger partial charge on any atom is 0.386 e. The molecule has 7 heterocycles. The average molecular weight is 710 g/mol. The first kappa shape index (κ1) is 31.0. The van der Waals surface area contributed by atoms with Gasteiger partial charge in [0.05, 0.1) is 24.9 Å². The number of nitrogens with two attached hydrogens (primary N) is 2. The maximum atomic E-state index is 16.9. The Kier molecular flexibility index (Phi) is 7.55. The van der Waals surface area contributed by atoms with Crippen molar-refractivity contribution in [2.24, 2.45) is 0 Å². The molecule has 5 N–H and O–H groups in total. The molecule has 4 aromatic rings. The van der Waals surface area contributed by atoms with Crippen LogP contribution in [0.1, 0.15) is 6.23 Å². The third-order valence-corrected chi connectivity index (χ3v) is 10.7. The first-order valence-electron chi connectivity index (χ1n) is 13.0. The highest BCUT2D eigenvalue weighted by molar-refractivity contribution is 8.44. The van der Waals surface area contributed by atoms with E-state index in [9.17, 15) is 13.9 Å². The van der Waals surface area contributed by atoms with Crippen LogP contribution < -0.4 is 17.0 Å². The topological polar surface area (TPSA) is 236 Å². The van der Waals surface area contributed by atoms with E-state index < -0.39 is 81.6 Å². The predicted molar refractivity (Wildman–Crippen MR) is 157 cm³/mol. The van der Waals surface area contributed by atoms with Crippen molar-refractivity contribution in [3.05, 3.63) is 35.3 Å². The third-order valence-electron chi connectivity index (χ3n) is 7.48. The van der Waals surface area contributed by atoms with E-state index in [0.717, 1.165) is 21.8 Å². The molecule has 0 unspecified atom stereocenters. The molecule has 3 aliphatic rings. The molecule has 0 aliphatic carbocycles. The molecule has 7 rings (SSSR count). The fraction of sp³-hybridized carbons (Fsp3) is 0.476. The molecule has 4 aromatic heterocycles. The van der Waals surface area contributed by atoms with Crippen LogP contribution in [0.3, 0.4) is 0 Å². The number of thiol groups is 2. The van der Waals surface area contributed by atoms with E-state index in [1.54, 1.807) is 0 Å². The lowest BCUT2D eigenvalue weighted by atomic mass is 10.1. The molecule has 0 radical (unpaired) electrons. The highest BCUT2D eigenvalue weighted by Crippen LogP contribution is 2.61. The van der Waals surface area contributed by atoms with Crippen molar-refractivity contribution in [1.82, 2.24) is 34.1 Å². The fourth-order valence-electron chi connectivity index (χ4n) is 5.43. The van der Waals surface area contributed by atoms with Crippen LogP contribution in [0.5, 0.6) is 0 Å². The molecule has 45 heavy (non-hydrogen) atoms. The second-order valence-electron chi connectivity index (χ2n) is 10.3. The van der Waals surface area contributed by atoms with Gasteiger partial charge in [0.1, 0.15) is 42.7 Å². The number of nitrogens with one attached hydrogen (secondary N) is 1. The lowest BCUT2D eigenvalue weighted by Crippen LogP contribution is -2.44. The van der Waals surface area contributed by atoms with Crippen LogP contribution in [0.25, 0.3) is 22.2 Å². The van der Waals surface area contributed by atoms with Gasteiger partial charge in [-0.1, -0.05) is 24.5 Å². The van der Waals surface area contributed by atoms with Crippen LogP contribution in [0, 0.1) is 0 Å². The van der Waals surface area contributed by atoms with Gasteiger partial charge in [0.2, 0.25) is 11.7 Å². The van der Waals surface area contributed by atoms with Crippen molar-refractivity contribution in [3.8, 4) is 0 Å². The van der Waals surface area contributed by atoms with Crippen molar-refractivity contribution < 1.29 is 45.5 Å². The summed E-state index contributed by atoms with van der Waals surface area (Å²) >= 11 is 8.00. The van der Waals surface area contributed by atoms with Gasteiger partial charge in [-0.3, -0.25) is 37.0 Å². The largest absolute Gasteiger partial charge is 0.386 e. The van der Waals surface area contributed by atoms with Gasteiger partial charge in [-0.15, -0.1) is 0 Å². The van der Waals surface area contributed by atoms with Crippen LogP contribution in [0.2, 0.25) is 0 Å². The van der Waals surface area contributed by atoms with E-state index in [-0.39, 0.29) is 28.6 Å². The van der Waals surface area contributed by atoms with Gasteiger partial charge in [-0.25, -0.2) is 32.9 Å². The highest BCUT2D eigenvalue weighted by Gasteiger charge is 2.58. The first-order chi connectivity index (χ1) is 21.3. The van der Waals surface area contributed by atoms with Gasteiger partial charge in [0.25, 0.3) is 5.56 Å². The SMILES string of the molecule is Nc1nc2c(ncn2[C@@H]2O[C@@H]3CO[P@@](=O)(S)O[C@@H]4[C@@H](CO[P@@](=O)(S)O[C@@H]2[C@H]3F)OC[C@@]4(F)n2ccc3c(N)ncnc32)c(=O)[nH]1. The van der Waals surface area contributed by atoms with Crippen molar-refractivity contribution in [3.63, 3.8) is 0 Å². The van der Waals surface area contributed by atoms with Crippen LogP contribution in [-0.4, -0.2) is 84.5 Å². The minimum Gasteiger partial charge on any atom is -0.383 e. The van der Waals surface area contributed by atoms with E-state index in [2.05, 4.69) is 49.4 Å². The monoisotopic (exact) mass is 709 g/mol. The van der Waals surface area contributed by atoms with Crippen LogP contribution in [-0.2, 0) is 42.5 Å². The third kappa shape index (κ3) is 5.35. The minimum atomic E-state index is -4.52. The number of hydrogen-bond donors (Lipinski definition) is 5. The van der Waals surface area contributed by atoms with Crippen molar-refractivity contribution >= 4 is 72.1 Å². The second-order valence-corrected chi connectivity index (χ2v) is 16.0. The molecule has 2 bridgehead atoms. The van der Waals surface area contributed by atoms with Crippen LogP contribution >= 0.6 is 38.1 Å². The van der Waals surface area contributed by atoms with Gasteiger partial charge in [0, 0.05) is 6.20 Å². The highest BCUT2D eigenvalue weighted by atomic mass is 32.7. The summed E-state index contributed by atoms with van der Waals surface area (Å²) in [6.07, 6.45) is -6.43. The fourth-order valence-corrected chi connectivity index (χ4v) is 8.36. The quantitative estimate of drug-likeness (QED) is 0.148. The van der Waals surface area contributed by atoms with Crippen LogP contribution in [0.4, 0.5) is 20.5 Å². The summed E-state index contributed by atoms with van der Waals surface area (Å²) in [5.74, 6) is -2.78. The van der Waals surface area contributed by atoms with Crippen molar-refractivity contribution in [2.75, 3.05) is 31.3 Å². The van der Waals surface area contributed by atoms with Gasteiger partial charge in [0.15, 0.2) is 29.7 Å². The molecule has 0 aromatic carbocycles. The summed E-state index contributed by atoms with van der Waals surface area (Å²) in [7, 11) is 0. The summed E-state index contributed by atoms with van der Waals surface area (Å²) in [5.41, 5.74) is 10.7. The Balaban J connectivity index is 1.23. The molecule has 0 saturated carbocycles. The molecule has 0 amide bonds. The Bertz CT molecular complexity index is 1970. The zero-order chi connectivity index (χ0) is 31.9. The number of rotatable bonds is 2. The number of anilines is 2. The number of aromatic nitrogens is 7. The number of hydrogen-bond acceptors (Lipinski definition) is 15. The number of imidazole rings is 1. The number of alkyl halides is 2. The number of nitrogens with zero attached hydrogens (tertiary/aromatic N) is 6. The van der Waals surface area contributed by atoms with Crippen molar-refractivity contribution in [1.29, 1.82) is 0 Å². The van der Waals surface area contributed by atoms with Crippen molar-refractivity contribution in [2.45, 2.75) is 42.6 Å². The lowest BCUT2D eigenvalue weighted by molar-refractivity contribution is -0.0578. The van der Waals surface area contributed by atoms with Crippen LogP contribution in [0.15, 0.2) is 29.7 Å². The first-order valence-corrected chi connectivity index (χ1v) is 18.4. The summed E-state index contributed by atoms with van der Waals surface area (Å²) in [5, 5.41) is 0.322. The Morgan fingerprint density at radius 3 is 2.58 bits per heavy atom. The zero-order valence-electron chi connectivity index (χ0n) is 22.5. The smallest absolute Gasteiger partial charge is 0.383 e. The van der Waals surface area contributed by atoms with Gasteiger partial charge >= 0.3 is 13.6 Å². The number of fused-ring (bicyclic) bond motifs is 5. The van der Waals surface area contributed by atoms with Gasteiger partial charge < -0.3 is 20.9 Å². The van der Waals surface area contributed by atoms with Gasteiger partial charge in [-0.2, -0.15) is 4.98 Å². The number of nitrogen functional groups attached to an aromatic ring is 2. The molecule has 0 spiro atoms. The van der Waals surface area contributed by atoms with E-state index in [1.165, 1.54) is 12.3 Å². The lowest BCUT2D eigenvalue weighted by Gasteiger charge is -2.31.